The molecule has 150 valence electrons. The van der Waals surface area contributed by atoms with Crippen LogP contribution in [0.5, 0.6) is 0 Å². The van der Waals surface area contributed by atoms with Crippen LogP contribution in [-0.4, -0.2) is 60.4 Å². The molecule has 0 aliphatic carbocycles. The zero-order valence-electron chi connectivity index (χ0n) is 16.5. The maximum Gasteiger partial charge on any atom is 0.161 e. The van der Waals surface area contributed by atoms with Crippen molar-refractivity contribution in [2.45, 2.75) is 19.1 Å². The van der Waals surface area contributed by atoms with E-state index in [-0.39, 0.29) is 12.1 Å². The highest BCUT2D eigenvalue weighted by atomic mass is 16.5. The summed E-state index contributed by atoms with van der Waals surface area (Å²) in [7, 11) is 0. The standard InChI is InChI=1S/C22H25N5O2/c1-15-14-28-10-8-27(15)22-17-12-24-18(16-5-3-2-4-6-16)11-19(17)25-21(26-22)20-13-23-7-9-29-20/h2-6,11-12,15,20,23H,7-10,13-14H2,1H3/t15?,20-/m0/s1. The molecular weight excluding hydrogens is 366 g/mol. The van der Waals surface area contributed by atoms with Crippen LogP contribution in [0.4, 0.5) is 5.82 Å². The molecule has 2 fully saturated rings. The number of nitrogens with zero attached hydrogens (tertiary/aromatic N) is 4. The molecule has 1 aromatic carbocycles. The molecule has 3 aromatic rings. The molecule has 1 unspecified atom stereocenters. The zero-order chi connectivity index (χ0) is 19.6. The lowest BCUT2D eigenvalue weighted by Gasteiger charge is -2.35. The van der Waals surface area contributed by atoms with Crippen LogP contribution in [0.15, 0.2) is 42.6 Å². The van der Waals surface area contributed by atoms with Gasteiger partial charge in [0.15, 0.2) is 5.82 Å². The van der Waals surface area contributed by atoms with Gasteiger partial charge in [-0.3, -0.25) is 4.98 Å². The predicted octanol–water partition coefficient (Wildman–Crippen LogP) is 2.58. The fourth-order valence-corrected chi connectivity index (χ4v) is 3.93. The van der Waals surface area contributed by atoms with Crippen molar-refractivity contribution in [3.8, 4) is 11.3 Å². The average Bonchev–Trinajstić information content (AvgIpc) is 2.79. The number of nitrogens with one attached hydrogen (secondary N) is 1. The highest BCUT2D eigenvalue weighted by Crippen LogP contribution is 2.31. The Bertz CT molecular complexity index is 991. The highest BCUT2D eigenvalue weighted by molar-refractivity contribution is 5.91. The van der Waals surface area contributed by atoms with Crippen LogP contribution in [0, 0.1) is 0 Å². The molecule has 2 aliphatic rings. The van der Waals surface area contributed by atoms with Gasteiger partial charge < -0.3 is 19.7 Å². The van der Waals surface area contributed by atoms with Gasteiger partial charge in [0.2, 0.25) is 0 Å². The average molecular weight is 391 g/mol. The number of fused-ring (bicyclic) bond motifs is 1. The molecule has 0 amide bonds. The highest BCUT2D eigenvalue weighted by Gasteiger charge is 2.26. The summed E-state index contributed by atoms with van der Waals surface area (Å²) >= 11 is 0. The maximum absolute atomic E-state index is 5.95. The quantitative estimate of drug-likeness (QED) is 0.736. The van der Waals surface area contributed by atoms with E-state index >= 15 is 0 Å². The van der Waals surface area contributed by atoms with Gasteiger partial charge in [0.1, 0.15) is 11.9 Å². The lowest BCUT2D eigenvalue weighted by molar-refractivity contribution is 0.0223. The van der Waals surface area contributed by atoms with Crippen LogP contribution in [0.1, 0.15) is 18.9 Å². The van der Waals surface area contributed by atoms with Crippen molar-refractivity contribution in [2.75, 3.05) is 44.4 Å². The van der Waals surface area contributed by atoms with Crippen molar-refractivity contribution >= 4 is 16.7 Å². The number of morpholine rings is 2. The maximum atomic E-state index is 5.95. The van der Waals surface area contributed by atoms with Crippen molar-refractivity contribution in [3.05, 3.63) is 48.4 Å². The number of ether oxygens (including phenoxy) is 2. The molecule has 2 saturated heterocycles. The van der Waals surface area contributed by atoms with Crippen LogP contribution in [-0.2, 0) is 9.47 Å². The SMILES string of the molecule is CC1COCCN1c1nc([C@@H]2CNCCO2)nc2cc(-c3ccccc3)ncc12. The van der Waals surface area contributed by atoms with E-state index in [1.54, 1.807) is 0 Å². The minimum atomic E-state index is -0.142. The van der Waals surface area contributed by atoms with Gasteiger partial charge in [-0.05, 0) is 13.0 Å². The van der Waals surface area contributed by atoms with Gasteiger partial charge in [-0.25, -0.2) is 9.97 Å². The summed E-state index contributed by atoms with van der Waals surface area (Å²) in [5.74, 6) is 1.64. The van der Waals surface area contributed by atoms with Gasteiger partial charge in [-0.2, -0.15) is 0 Å². The molecule has 4 heterocycles. The third-order valence-corrected chi connectivity index (χ3v) is 5.50. The number of benzene rings is 1. The molecule has 29 heavy (non-hydrogen) atoms. The Kier molecular flexibility index (Phi) is 5.10. The van der Waals surface area contributed by atoms with Gasteiger partial charge in [0, 0.05) is 31.4 Å². The van der Waals surface area contributed by atoms with E-state index < -0.39 is 0 Å². The fourth-order valence-electron chi connectivity index (χ4n) is 3.93. The second kappa shape index (κ2) is 8.02. The third kappa shape index (κ3) is 3.69. The van der Waals surface area contributed by atoms with Crippen molar-refractivity contribution in [1.29, 1.82) is 0 Å². The third-order valence-electron chi connectivity index (χ3n) is 5.50. The van der Waals surface area contributed by atoms with Crippen LogP contribution in [0.2, 0.25) is 0 Å². The Hall–Kier alpha value is -2.61. The first-order valence-corrected chi connectivity index (χ1v) is 10.2. The largest absolute Gasteiger partial charge is 0.377 e. The Balaban J connectivity index is 1.64. The van der Waals surface area contributed by atoms with Gasteiger partial charge in [0.05, 0.1) is 42.5 Å². The molecule has 0 spiro atoms. The first-order valence-electron chi connectivity index (χ1n) is 10.2. The van der Waals surface area contributed by atoms with Crippen LogP contribution < -0.4 is 10.2 Å². The molecule has 0 radical (unpaired) electrons. The predicted molar refractivity (Wildman–Crippen MR) is 112 cm³/mol. The van der Waals surface area contributed by atoms with E-state index in [0.29, 0.717) is 19.8 Å². The van der Waals surface area contributed by atoms with Gasteiger partial charge in [0.25, 0.3) is 0 Å². The van der Waals surface area contributed by atoms with E-state index in [0.717, 1.165) is 53.4 Å². The molecule has 2 aromatic heterocycles. The number of hydrogen-bond acceptors (Lipinski definition) is 7. The smallest absolute Gasteiger partial charge is 0.161 e. The Labute approximate surface area is 170 Å². The summed E-state index contributed by atoms with van der Waals surface area (Å²) in [6.45, 7) is 6.61. The number of aromatic nitrogens is 3. The Morgan fingerprint density at radius 3 is 2.83 bits per heavy atom. The lowest BCUT2D eigenvalue weighted by Crippen LogP contribution is -2.44. The molecule has 1 N–H and O–H groups in total. The second-order valence-electron chi connectivity index (χ2n) is 7.54. The summed E-state index contributed by atoms with van der Waals surface area (Å²) in [6, 6.07) is 12.5. The second-order valence-corrected chi connectivity index (χ2v) is 7.54. The van der Waals surface area contributed by atoms with Crippen LogP contribution >= 0.6 is 0 Å². The topological polar surface area (TPSA) is 72.4 Å². The molecule has 2 atom stereocenters. The summed E-state index contributed by atoms with van der Waals surface area (Å²) in [5, 5.41) is 4.34. The molecule has 7 heteroatoms. The van der Waals surface area contributed by atoms with E-state index in [2.05, 4.69) is 35.3 Å². The van der Waals surface area contributed by atoms with Crippen molar-refractivity contribution in [3.63, 3.8) is 0 Å². The molecule has 0 bridgehead atoms. The van der Waals surface area contributed by atoms with Gasteiger partial charge in [-0.15, -0.1) is 0 Å². The van der Waals surface area contributed by atoms with Crippen molar-refractivity contribution < 1.29 is 9.47 Å². The monoisotopic (exact) mass is 391 g/mol. The van der Waals surface area contributed by atoms with Crippen LogP contribution in [0.25, 0.3) is 22.2 Å². The summed E-state index contributed by atoms with van der Waals surface area (Å²) < 4.78 is 11.6. The van der Waals surface area contributed by atoms with E-state index in [9.17, 15) is 0 Å². The number of rotatable bonds is 3. The van der Waals surface area contributed by atoms with Crippen LogP contribution in [0.3, 0.4) is 0 Å². The number of pyridine rings is 1. The Morgan fingerprint density at radius 1 is 1.14 bits per heavy atom. The van der Waals surface area contributed by atoms with E-state index in [4.69, 9.17) is 24.4 Å². The van der Waals surface area contributed by atoms with Gasteiger partial charge >= 0.3 is 0 Å². The number of hydrogen-bond donors (Lipinski definition) is 1. The lowest BCUT2D eigenvalue weighted by atomic mass is 10.1. The van der Waals surface area contributed by atoms with Gasteiger partial charge in [-0.1, -0.05) is 30.3 Å². The summed E-state index contributed by atoms with van der Waals surface area (Å²) in [5.41, 5.74) is 2.88. The first-order chi connectivity index (χ1) is 14.3. The number of anilines is 1. The normalized spacial score (nSPS) is 22.7. The van der Waals surface area contributed by atoms with Crippen molar-refractivity contribution in [1.82, 2.24) is 20.3 Å². The first kappa shape index (κ1) is 18.4. The van der Waals surface area contributed by atoms with Crippen molar-refractivity contribution in [2.24, 2.45) is 0 Å². The molecule has 0 saturated carbocycles. The molecule has 5 rings (SSSR count). The molecule has 7 nitrogen and oxygen atoms in total. The minimum absolute atomic E-state index is 0.142. The summed E-state index contributed by atoms with van der Waals surface area (Å²) in [6.07, 6.45) is 1.76. The fraction of sp³-hybridized carbons (Fsp3) is 0.409. The molecular formula is C22H25N5O2. The van der Waals surface area contributed by atoms with E-state index in [1.165, 1.54) is 0 Å². The Morgan fingerprint density at radius 2 is 2.03 bits per heavy atom. The zero-order valence-corrected chi connectivity index (χ0v) is 16.5. The minimum Gasteiger partial charge on any atom is -0.377 e. The summed E-state index contributed by atoms with van der Waals surface area (Å²) in [4.78, 5) is 16.9. The molecule has 2 aliphatic heterocycles. The van der Waals surface area contributed by atoms with E-state index in [1.807, 2.05) is 24.4 Å².